The molecule has 0 aromatic heterocycles. The molecule has 0 bridgehead atoms. The average molecular weight is 434 g/mol. The lowest BCUT2D eigenvalue weighted by atomic mass is 9.98. The highest BCUT2D eigenvalue weighted by molar-refractivity contribution is 5.68. The summed E-state index contributed by atoms with van der Waals surface area (Å²) in [5.74, 6) is -3.91. The lowest BCUT2D eigenvalue weighted by Crippen LogP contribution is -2.63. The Morgan fingerprint density at radius 1 is 0.800 bits per heavy atom. The first-order valence-corrected chi connectivity index (χ1v) is 9.15. The van der Waals surface area contributed by atoms with Crippen molar-refractivity contribution in [3.63, 3.8) is 0 Å². The average Bonchev–Trinajstić information content (AvgIpc) is 2.60. The molecule has 5 unspecified atom stereocenters. The van der Waals surface area contributed by atoms with Crippen LogP contribution in [-0.2, 0) is 52.4 Å². The second kappa shape index (κ2) is 12.1. The van der Waals surface area contributed by atoms with Crippen LogP contribution in [0.4, 0.5) is 0 Å². The minimum absolute atomic E-state index is 0.0833. The Balaban J connectivity index is 3.17. The maximum absolute atomic E-state index is 11.7. The number of carboxylic acids is 1. The quantitative estimate of drug-likeness (QED) is 0.278. The molecule has 0 radical (unpaired) electrons. The third-order valence-electron chi connectivity index (χ3n) is 3.77. The Bertz CT molecular complexity index is 645. The van der Waals surface area contributed by atoms with Gasteiger partial charge in [0.15, 0.2) is 24.6 Å². The van der Waals surface area contributed by atoms with Crippen molar-refractivity contribution in [2.45, 2.75) is 71.2 Å². The number of carbonyl (C=O) groups is 5. The molecule has 1 aliphatic rings. The van der Waals surface area contributed by atoms with Crippen LogP contribution in [0.1, 0.15) is 40.5 Å². The molecular formula is C18H26O12. The van der Waals surface area contributed by atoms with Gasteiger partial charge in [-0.1, -0.05) is 0 Å². The molecule has 1 heterocycles. The first kappa shape index (κ1) is 25.3. The van der Waals surface area contributed by atoms with Gasteiger partial charge in [-0.05, 0) is 6.42 Å². The van der Waals surface area contributed by atoms with Crippen LogP contribution in [0.3, 0.4) is 0 Å². The molecule has 0 amide bonds. The molecule has 0 saturated carbocycles. The first-order chi connectivity index (χ1) is 14.0. The Morgan fingerprint density at radius 3 is 1.83 bits per heavy atom. The van der Waals surface area contributed by atoms with E-state index in [0.29, 0.717) is 0 Å². The molecule has 1 rings (SSSR count). The summed E-state index contributed by atoms with van der Waals surface area (Å²) in [5, 5.41) is 8.73. The number of carbonyl (C=O) groups excluding carboxylic acids is 4. The summed E-state index contributed by atoms with van der Waals surface area (Å²) in [5.41, 5.74) is 0. The number of ether oxygens (including phenoxy) is 6. The highest BCUT2D eigenvalue weighted by atomic mass is 16.7. The van der Waals surface area contributed by atoms with Crippen molar-refractivity contribution >= 4 is 29.8 Å². The maximum atomic E-state index is 11.7. The van der Waals surface area contributed by atoms with Gasteiger partial charge >= 0.3 is 29.8 Å². The predicted octanol–water partition coefficient (Wildman–Crippen LogP) is -0.0491. The van der Waals surface area contributed by atoms with Crippen molar-refractivity contribution in [3.05, 3.63) is 0 Å². The fraction of sp³-hybridized carbons (Fsp3) is 0.722. The molecule has 0 aromatic carbocycles. The van der Waals surface area contributed by atoms with E-state index in [0.717, 1.165) is 27.7 Å². The normalized spacial score (nSPS) is 25.7. The smallest absolute Gasteiger partial charge is 0.303 e. The van der Waals surface area contributed by atoms with Gasteiger partial charge in [-0.2, -0.15) is 0 Å². The maximum Gasteiger partial charge on any atom is 0.303 e. The Labute approximate surface area is 172 Å². The number of carboxylic acid groups (broad SMARTS) is 1. The van der Waals surface area contributed by atoms with E-state index in [2.05, 4.69) is 0 Å². The summed E-state index contributed by atoms with van der Waals surface area (Å²) in [6.07, 6.45) is -6.39. The topological polar surface area (TPSA) is 161 Å². The van der Waals surface area contributed by atoms with E-state index < -0.39 is 60.6 Å². The van der Waals surface area contributed by atoms with E-state index in [1.165, 1.54) is 0 Å². The largest absolute Gasteiger partial charge is 0.481 e. The number of aliphatic carboxylic acids is 1. The van der Waals surface area contributed by atoms with E-state index >= 15 is 0 Å². The van der Waals surface area contributed by atoms with Crippen LogP contribution in [0.15, 0.2) is 0 Å². The molecule has 170 valence electrons. The van der Waals surface area contributed by atoms with Crippen LogP contribution in [-0.4, -0.2) is 78.9 Å². The number of hydrogen-bond donors (Lipinski definition) is 1. The van der Waals surface area contributed by atoms with Crippen LogP contribution in [0.5, 0.6) is 0 Å². The number of esters is 4. The van der Waals surface area contributed by atoms with E-state index in [9.17, 15) is 24.0 Å². The number of rotatable bonds is 10. The monoisotopic (exact) mass is 434 g/mol. The third kappa shape index (κ3) is 8.74. The van der Waals surface area contributed by atoms with Gasteiger partial charge in [0.1, 0.15) is 12.7 Å². The predicted molar refractivity (Wildman–Crippen MR) is 94.8 cm³/mol. The van der Waals surface area contributed by atoms with Crippen LogP contribution >= 0.6 is 0 Å². The lowest BCUT2D eigenvalue weighted by Gasteiger charge is -2.44. The van der Waals surface area contributed by atoms with Crippen molar-refractivity contribution < 1.29 is 57.5 Å². The lowest BCUT2D eigenvalue weighted by molar-refractivity contribution is -0.308. The summed E-state index contributed by atoms with van der Waals surface area (Å²) >= 11 is 0. The van der Waals surface area contributed by atoms with Gasteiger partial charge in [-0.15, -0.1) is 0 Å². The molecule has 1 fully saturated rings. The summed E-state index contributed by atoms with van der Waals surface area (Å²) in [6.45, 7) is 4.04. The molecular weight excluding hydrogens is 408 g/mol. The molecule has 30 heavy (non-hydrogen) atoms. The zero-order valence-corrected chi connectivity index (χ0v) is 17.2. The Morgan fingerprint density at radius 2 is 1.33 bits per heavy atom. The van der Waals surface area contributed by atoms with Gasteiger partial charge in [-0.25, -0.2) is 0 Å². The standard InChI is InChI=1S/C18H26O12/c1-9(19)26-8-13-15(27-10(2)20)16(28-11(3)21)17(29-12(4)22)18(30-13)25-7-5-6-14(23)24/h13,15-18H,5-8H2,1-4H3,(H,23,24). The van der Waals surface area contributed by atoms with Crippen LogP contribution in [0.25, 0.3) is 0 Å². The van der Waals surface area contributed by atoms with Crippen molar-refractivity contribution in [3.8, 4) is 0 Å². The van der Waals surface area contributed by atoms with Gasteiger partial charge in [0.05, 0.1) is 6.61 Å². The van der Waals surface area contributed by atoms with E-state index in [4.69, 9.17) is 33.5 Å². The highest BCUT2D eigenvalue weighted by Crippen LogP contribution is 2.30. The fourth-order valence-corrected chi connectivity index (χ4v) is 2.75. The van der Waals surface area contributed by atoms with Crippen LogP contribution in [0, 0.1) is 0 Å². The Kier molecular flexibility index (Phi) is 10.2. The van der Waals surface area contributed by atoms with E-state index in [1.807, 2.05) is 0 Å². The molecule has 1 N–H and O–H groups in total. The van der Waals surface area contributed by atoms with Gasteiger partial charge in [0, 0.05) is 34.1 Å². The van der Waals surface area contributed by atoms with Gasteiger partial charge in [0.25, 0.3) is 0 Å². The SMILES string of the molecule is CC(=O)OCC1OC(OCCCC(=O)O)C(OC(C)=O)C(OC(C)=O)C1OC(C)=O. The zero-order chi connectivity index (χ0) is 22.8. The summed E-state index contributed by atoms with van der Waals surface area (Å²) in [4.78, 5) is 56.7. The van der Waals surface area contributed by atoms with Crippen LogP contribution in [0.2, 0.25) is 0 Å². The molecule has 1 saturated heterocycles. The fourth-order valence-electron chi connectivity index (χ4n) is 2.75. The van der Waals surface area contributed by atoms with Gasteiger partial charge in [0.2, 0.25) is 0 Å². The van der Waals surface area contributed by atoms with Crippen molar-refractivity contribution in [1.29, 1.82) is 0 Å². The second-order valence-corrected chi connectivity index (χ2v) is 6.44. The molecule has 0 aliphatic carbocycles. The van der Waals surface area contributed by atoms with Crippen molar-refractivity contribution in [2.24, 2.45) is 0 Å². The minimum Gasteiger partial charge on any atom is -0.481 e. The minimum atomic E-state index is -1.32. The summed E-state index contributed by atoms with van der Waals surface area (Å²) < 4.78 is 31.8. The van der Waals surface area contributed by atoms with Gasteiger partial charge < -0.3 is 33.5 Å². The third-order valence-corrected chi connectivity index (χ3v) is 3.77. The Hall–Kier alpha value is -2.73. The molecule has 1 aliphatic heterocycles. The molecule has 0 aromatic rings. The molecule has 12 heteroatoms. The summed E-state index contributed by atoms with van der Waals surface area (Å²) in [7, 11) is 0. The van der Waals surface area contributed by atoms with Crippen LogP contribution < -0.4 is 0 Å². The highest BCUT2D eigenvalue weighted by Gasteiger charge is 2.52. The molecule has 12 nitrogen and oxygen atoms in total. The zero-order valence-electron chi connectivity index (χ0n) is 17.2. The van der Waals surface area contributed by atoms with Gasteiger partial charge in [-0.3, -0.25) is 24.0 Å². The van der Waals surface area contributed by atoms with E-state index in [-0.39, 0.29) is 26.1 Å². The number of hydrogen-bond acceptors (Lipinski definition) is 11. The second-order valence-electron chi connectivity index (χ2n) is 6.44. The summed E-state index contributed by atoms with van der Waals surface area (Å²) in [6, 6.07) is 0. The molecule has 5 atom stereocenters. The molecule has 0 spiro atoms. The van der Waals surface area contributed by atoms with Crippen molar-refractivity contribution in [2.75, 3.05) is 13.2 Å². The van der Waals surface area contributed by atoms with E-state index in [1.54, 1.807) is 0 Å². The first-order valence-electron chi connectivity index (χ1n) is 9.15. The van der Waals surface area contributed by atoms with Crippen molar-refractivity contribution in [1.82, 2.24) is 0 Å².